The summed E-state index contributed by atoms with van der Waals surface area (Å²) in [7, 11) is -1.44. The summed E-state index contributed by atoms with van der Waals surface area (Å²) in [6.45, 7) is 6.80. The fourth-order valence-corrected chi connectivity index (χ4v) is 2.22. The molecule has 1 rings (SSSR count). The molecule has 1 N–H and O–H groups in total. The Morgan fingerprint density at radius 2 is 1.89 bits per heavy atom. The van der Waals surface area contributed by atoms with Gasteiger partial charge in [-0.1, -0.05) is 0 Å². The molecule has 0 bridgehead atoms. The maximum Gasteiger partial charge on any atom is 0.418 e. The van der Waals surface area contributed by atoms with E-state index in [1.54, 1.807) is 27.7 Å². The summed E-state index contributed by atoms with van der Waals surface area (Å²) in [6.07, 6.45) is -2.39. The van der Waals surface area contributed by atoms with Crippen LogP contribution in [-0.2, 0) is 17.2 Å². The third-order valence-corrected chi connectivity index (χ3v) is 4.15. The number of hydrogen-bond acceptors (Lipinski definition) is 2. The van der Waals surface area contributed by atoms with Crippen molar-refractivity contribution in [1.82, 2.24) is 9.71 Å². The van der Waals surface area contributed by atoms with Crippen molar-refractivity contribution in [3.63, 3.8) is 0 Å². The number of alkyl halides is 3. The minimum atomic E-state index is -4.47. The van der Waals surface area contributed by atoms with Crippen molar-refractivity contribution in [2.75, 3.05) is 0 Å². The van der Waals surface area contributed by atoms with Crippen LogP contribution < -0.4 is 4.72 Å². The summed E-state index contributed by atoms with van der Waals surface area (Å²) in [6, 6.07) is 0.611. The van der Waals surface area contributed by atoms with Crippen molar-refractivity contribution in [1.29, 1.82) is 0 Å². The van der Waals surface area contributed by atoms with Gasteiger partial charge in [0.15, 0.2) is 0 Å². The van der Waals surface area contributed by atoms with Gasteiger partial charge in [-0.2, -0.15) is 13.2 Å². The largest absolute Gasteiger partial charge is 0.418 e. The molecule has 1 aromatic heterocycles. The first-order valence-electron chi connectivity index (χ1n) is 5.72. The predicted octanol–water partition coefficient (Wildman–Crippen LogP) is 3.21. The molecule has 0 aliphatic rings. The van der Waals surface area contributed by atoms with E-state index in [2.05, 4.69) is 9.71 Å². The summed E-state index contributed by atoms with van der Waals surface area (Å²) in [5.41, 5.74) is -0.763. The molecule has 0 aromatic carbocycles. The monoisotopic (exact) mass is 294 g/mol. The average Bonchev–Trinajstić information content (AvgIpc) is 2.26. The van der Waals surface area contributed by atoms with E-state index in [-0.39, 0.29) is 5.56 Å². The highest BCUT2D eigenvalue weighted by molar-refractivity contribution is 7.84. The minimum absolute atomic E-state index is 0.0418. The summed E-state index contributed by atoms with van der Waals surface area (Å²) in [4.78, 5) is 3.50. The van der Waals surface area contributed by atoms with Gasteiger partial charge < -0.3 is 0 Å². The number of pyridine rings is 1. The summed E-state index contributed by atoms with van der Waals surface area (Å²) in [5, 5.41) is 0. The molecule has 0 saturated heterocycles. The SMILES string of the molecule is CC(NS(=O)C(C)(C)C)c1ccncc1C(F)(F)F. The lowest BCUT2D eigenvalue weighted by molar-refractivity contribution is -0.138. The highest BCUT2D eigenvalue weighted by Crippen LogP contribution is 2.34. The molecule has 19 heavy (non-hydrogen) atoms. The zero-order valence-corrected chi connectivity index (χ0v) is 12.0. The fraction of sp³-hybridized carbons (Fsp3) is 0.583. The number of rotatable bonds is 3. The summed E-state index contributed by atoms with van der Waals surface area (Å²) in [5.74, 6) is 0. The quantitative estimate of drug-likeness (QED) is 0.930. The van der Waals surface area contributed by atoms with Gasteiger partial charge in [0.05, 0.1) is 21.3 Å². The van der Waals surface area contributed by atoms with Crippen LogP contribution in [0.15, 0.2) is 18.5 Å². The second-order valence-corrected chi connectivity index (χ2v) is 7.18. The lowest BCUT2D eigenvalue weighted by Gasteiger charge is -2.23. The third-order valence-electron chi connectivity index (χ3n) is 2.47. The Morgan fingerprint density at radius 3 is 2.37 bits per heavy atom. The molecule has 0 fully saturated rings. The Labute approximate surface area is 113 Å². The van der Waals surface area contributed by atoms with Gasteiger partial charge in [0.1, 0.15) is 0 Å². The van der Waals surface area contributed by atoms with Gasteiger partial charge in [-0.25, -0.2) is 8.93 Å². The van der Waals surface area contributed by atoms with Crippen LogP contribution in [0.5, 0.6) is 0 Å². The van der Waals surface area contributed by atoms with Crippen molar-refractivity contribution >= 4 is 11.0 Å². The topological polar surface area (TPSA) is 42.0 Å². The molecule has 0 amide bonds. The van der Waals surface area contributed by atoms with Gasteiger partial charge in [-0.3, -0.25) is 4.98 Å². The van der Waals surface area contributed by atoms with Crippen molar-refractivity contribution in [2.24, 2.45) is 0 Å². The molecule has 0 spiro atoms. The standard InChI is InChI=1S/C12H17F3N2OS/c1-8(17-19(18)11(2,3)4)9-5-6-16-7-10(9)12(13,14)15/h5-8,17H,1-4H3. The van der Waals surface area contributed by atoms with Crippen molar-refractivity contribution in [3.05, 3.63) is 29.6 Å². The van der Waals surface area contributed by atoms with Crippen molar-refractivity contribution in [2.45, 2.75) is 44.7 Å². The average molecular weight is 294 g/mol. The van der Waals surface area contributed by atoms with E-state index >= 15 is 0 Å². The van der Waals surface area contributed by atoms with E-state index in [0.717, 1.165) is 6.20 Å². The molecule has 0 aliphatic heterocycles. The summed E-state index contributed by atoms with van der Waals surface area (Å²) >= 11 is 0. The molecular formula is C12H17F3N2OS. The Hall–Kier alpha value is -0.950. The van der Waals surface area contributed by atoms with Crippen LogP contribution in [0.2, 0.25) is 0 Å². The van der Waals surface area contributed by atoms with Gasteiger partial charge in [-0.05, 0) is 39.3 Å². The first-order chi connectivity index (χ1) is 8.53. The Kier molecular flexibility index (Phi) is 4.73. The smallest absolute Gasteiger partial charge is 0.264 e. The maximum atomic E-state index is 12.8. The zero-order valence-electron chi connectivity index (χ0n) is 11.2. The normalized spacial score (nSPS) is 16.2. The number of halogens is 3. The summed E-state index contributed by atoms with van der Waals surface area (Å²) < 4.78 is 52.6. The van der Waals surface area contributed by atoms with E-state index in [4.69, 9.17) is 0 Å². The lowest BCUT2D eigenvalue weighted by Crippen LogP contribution is -2.35. The number of nitrogens with one attached hydrogen (secondary N) is 1. The molecule has 2 atom stereocenters. The van der Waals surface area contributed by atoms with Gasteiger partial charge in [0, 0.05) is 18.4 Å². The van der Waals surface area contributed by atoms with Gasteiger partial charge >= 0.3 is 6.18 Å². The van der Waals surface area contributed by atoms with Crippen LogP contribution in [0.1, 0.15) is 44.9 Å². The first-order valence-corrected chi connectivity index (χ1v) is 6.87. The fourth-order valence-electron chi connectivity index (χ4n) is 1.42. The van der Waals surface area contributed by atoms with Gasteiger partial charge in [-0.15, -0.1) is 0 Å². The van der Waals surface area contributed by atoms with Crippen LogP contribution in [0, 0.1) is 0 Å². The van der Waals surface area contributed by atoms with Crippen LogP contribution in [-0.4, -0.2) is 13.9 Å². The van der Waals surface area contributed by atoms with Crippen molar-refractivity contribution < 1.29 is 17.4 Å². The molecular weight excluding hydrogens is 277 g/mol. The maximum absolute atomic E-state index is 12.8. The number of aromatic nitrogens is 1. The first kappa shape index (κ1) is 16.1. The minimum Gasteiger partial charge on any atom is -0.264 e. The molecule has 108 valence electrons. The molecule has 0 radical (unpaired) electrons. The van der Waals surface area contributed by atoms with Crippen LogP contribution in [0.4, 0.5) is 13.2 Å². The molecule has 1 heterocycles. The predicted molar refractivity (Wildman–Crippen MR) is 68.7 cm³/mol. The van der Waals surface area contributed by atoms with E-state index in [9.17, 15) is 17.4 Å². The number of hydrogen-bond donors (Lipinski definition) is 1. The van der Waals surface area contributed by atoms with Crippen LogP contribution >= 0.6 is 0 Å². The highest BCUT2D eigenvalue weighted by Gasteiger charge is 2.35. The number of nitrogens with zero attached hydrogens (tertiary/aromatic N) is 1. The van der Waals surface area contributed by atoms with Gasteiger partial charge in [0.2, 0.25) is 0 Å². The molecule has 2 unspecified atom stereocenters. The second-order valence-electron chi connectivity index (χ2n) is 5.18. The van der Waals surface area contributed by atoms with E-state index in [1.807, 2.05) is 0 Å². The molecule has 0 saturated carbocycles. The highest BCUT2D eigenvalue weighted by atomic mass is 32.2. The van der Waals surface area contributed by atoms with E-state index in [1.165, 1.54) is 12.3 Å². The zero-order chi connectivity index (χ0) is 14.8. The molecule has 0 aliphatic carbocycles. The van der Waals surface area contributed by atoms with Crippen molar-refractivity contribution in [3.8, 4) is 0 Å². The van der Waals surface area contributed by atoms with E-state index < -0.39 is 33.5 Å². The van der Waals surface area contributed by atoms with E-state index in [0.29, 0.717) is 0 Å². The Morgan fingerprint density at radius 1 is 1.32 bits per heavy atom. The van der Waals surface area contributed by atoms with Crippen LogP contribution in [0.25, 0.3) is 0 Å². The lowest BCUT2D eigenvalue weighted by atomic mass is 10.0. The van der Waals surface area contributed by atoms with Crippen LogP contribution in [0.3, 0.4) is 0 Å². The third kappa shape index (κ3) is 4.28. The molecule has 1 aromatic rings. The Balaban J connectivity index is 3.01. The van der Waals surface area contributed by atoms with Gasteiger partial charge in [0.25, 0.3) is 0 Å². The molecule has 7 heteroatoms. The molecule has 3 nitrogen and oxygen atoms in total. The second kappa shape index (κ2) is 5.58. The Bertz CT molecular complexity index is 469.